The van der Waals surface area contributed by atoms with Crippen LogP contribution in [0, 0.1) is 10.1 Å². The van der Waals surface area contributed by atoms with Crippen LogP contribution >= 0.6 is 11.6 Å². The number of nitrogens with zero attached hydrogens (tertiary/aromatic N) is 3. The third-order valence-corrected chi connectivity index (χ3v) is 4.42. The SMILES string of the molecule is O=[N+]([O-])c1c(N2CCC(c3ccccc3)CC2)ccnc1Cl. The Balaban J connectivity index is 1.77. The molecule has 0 unspecified atom stereocenters. The lowest BCUT2D eigenvalue weighted by Crippen LogP contribution is -2.33. The van der Waals surface area contributed by atoms with Gasteiger partial charge in [0.1, 0.15) is 5.69 Å². The standard InChI is InChI=1S/C16H16ClN3O2/c17-16-15(20(21)22)14(6-9-18-16)19-10-7-13(8-11-19)12-4-2-1-3-5-12/h1-6,9,13H,7-8,10-11H2. The highest BCUT2D eigenvalue weighted by Gasteiger charge is 2.27. The molecule has 1 aromatic carbocycles. The molecule has 0 bridgehead atoms. The van der Waals surface area contributed by atoms with Crippen molar-refractivity contribution in [2.24, 2.45) is 0 Å². The van der Waals surface area contributed by atoms with Crippen LogP contribution in [-0.2, 0) is 0 Å². The number of nitro groups is 1. The zero-order valence-corrected chi connectivity index (χ0v) is 12.7. The Morgan fingerprint density at radius 1 is 1.18 bits per heavy atom. The second-order valence-electron chi connectivity index (χ2n) is 5.40. The molecule has 0 saturated carbocycles. The second-order valence-corrected chi connectivity index (χ2v) is 5.76. The van der Waals surface area contributed by atoms with Crippen molar-refractivity contribution in [3.05, 3.63) is 63.4 Å². The molecule has 5 nitrogen and oxygen atoms in total. The van der Waals surface area contributed by atoms with Crippen LogP contribution in [0.15, 0.2) is 42.6 Å². The summed E-state index contributed by atoms with van der Waals surface area (Å²) in [5.41, 5.74) is 1.81. The van der Waals surface area contributed by atoms with Gasteiger partial charge in [-0.25, -0.2) is 4.98 Å². The van der Waals surface area contributed by atoms with Gasteiger partial charge in [-0.05, 0) is 30.4 Å². The van der Waals surface area contributed by atoms with Crippen LogP contribution in [0.1, 0.15) is 24.3 Å². The first-order valence-corrected chi connectivity index (χ1v) is 7.63. The van der Waals surface area contributed by atoms with Crippen molar-refractivity contribution in [2.45, 2.75) is 18.8 Å². The Kier molecular flexibility index (Phi) is 4.24. The number of pyridine rings is 1. The molecule has 2 heterocycles. The first-order valence-electron chi connectivity index (χ1n) is 7.25. The van der Waals surface area contributed by atoms with Gasteiger partial charge in [0.05, 0.1) is 4.92 Å². The fourth-order valence-electron chi connectivity index (χ4n) is 3.02. The van der Waals surface area contributed by atoms with Gasteiger partial charge in [-0.2, -0.15) is 0 Å². The van der Waals surface area contributed by atoms with Crippen molar-refractivity contribution in [3.63, 3.8) is 0 Å². The highest BCUT2D eigenvalue weighted by Crippen LogP contribution is 2.37. The van der Waals surface area contributed by atoms with Gasteiger partial charge in [-0.15, -0.1) is 0 Å². The lowest BCUT2D eigenvalue weighted by Gasteiger charge is -2.33. The minimum atomic E-state index is -0.450. The maximum absolute atomic E-state index is 11.2. The highest BCUT2D eigenvalue weighted by molar-refractivity contribution is 6.32. The highest BCUT2D eigenvalue weighted by atomic mass is 35.5. The summed E-state index contributed by atoms with van der Waals surface area (Å²) in [5, 5.41) is 11.2. The summed E-state index contributed by atoms with van der Waals surface area (Å²) >= 11 is 5.89. The number of anilines is 1. The number of aromatic nitrogens is 1. The summed E-state index contributed by atoms with van der Waals surface area (Å²) in [6.45, 7) is 1.56. The van der Waals surface area contributed by atoms with E-state index < -0.39 is 4.92 Å². The molecule has 0 atom stereocenters. The molecular formula is C16H16ClN3O2. The predicted octanol–water partition coefficient (Wildman–Crippen LogP) is 4.03. The maximum Gasteiger partial charge on any atom is 0.329 e. The monoisotopic (exact) mass is 317 g/mol. The molecule has 0 aliphatic carbocycles. The topological polar surface area (TPSA) is 59.3 Å². The van der Waals surface area contributed by atoms with E-state index in [9.17, 15) is 10.1 Å². The smallest absolute Gasteiger partial charge is 0.329 e. The predicted molar refractivity (Wildman–Crippen MR) is 86.5 cm³/mol. The van der Waals surface area contributed by atoms with Crippen molar-refractivity contribution in [1.29, 1.82) is 0 Å². The van der Waals surface area contributed by atoms with E-state index in [0.29, 0.717) is 11.6 Å². The Morgan fingerprint density at radius 3 is 2.50 bits per heavy atom. The molecule has 1 aromatic heterocycles. The van der Waals surface area contributed by atoms with Crippen LogP contribution in [0.2, 0.25) is 5.15 Å². The molecule has 6 heteroatoms. The van der Waals surface area contributed by atoms with Gasteiger partial charge in [0.25, 0.3) is 0 Å². The van der Waals surface area contributed by atoms with Gasteiger partial charge in [0, 0.05) is 19.3 Å². The van der Waals surface area contributed by atoms with Gasteiger partial charge < -0.3 is 4.90 Å². The summed E-state index contributed by atoms with van der Waals surface area (Å²) in [6, 6.07) is 12.1. The van der Waals surface area contributed by atoms with E-state index in [1.807, 2.05) is 11.0 Å². The van der Waals surface area contributed by atoms with Crippen LogP contribution in [-0.4, -0.2) is 23.0 Å². The molecule has 114 valence electrons. The third kappa shape index (κ3) is 2.90. The van der Waals surface area contributed by atoms with E-state index in [4.69, 9.17) is 11.6 Å². The lowest BCUT2D eigenvalue weighted by molar-refractivity contribution is -0.384. The zero-order chi connectivity index (χ0) is 15.5. The fourth-order valence-corrected chi connectivity index (χ4v) is 3.24. The summed E-state index contributed by atoms with van der Waals surface area (Å²) in [5.74, 6) is 0.508. The van der Waals surface area contributed by atoms with Crippen molar-refractivity contribution in [1.82, 2.24) is 4.98 Å². The summed E-state index contributed by atoms with van der Waals surface area (Å²) in [6.07, 6.45) is 3.47. The number of rotatable bonds is 3. The molecule has 0 amide bonds. The average molecular weight is 318 g/mol. The number of benzene rings is 1. The van der Waals surface area contributed by atoms with Crippen molar-refractivity contribution in [3.8, 4) is 0 Å². The molecule has 0 N–H and O–H groups in total. The molecular weight excluding hydrogens is 302 g/mol. The summed E-state index contributed by atoms with van der Waals surface area (Å²) in [4.78, 5) is 16.6. The van der Waals surface area contributed by atoms with E-state index in [1.54, 1.807) is 6.07 Å². The first-order chi connectivity index (χ1) is 10.7. The van der Waals surface area contributed by atoms with Crippen LogP contribution in [0.4, 0.5) is 11.4 Å². The second kappa shape index (κ2) is 6.32. The van der Waals surface area contributed by atoms with Gasteiger partial charge in [-0.3, -0.25) is 10.1 Å². The molecule has 22 heavy (non-hydrogen) atoms. The molecule has 1 aliphatic heterocycles. The van der Waals surface area contributed by atoms with Gasteiger partial charge in [0.15, 0.2) is 0 Å². The fraction of sp³-hybridized carbons (Fsp3) is 0.312. The molecule has 1 fully saturated rings. The molecule has 0 spiro atoms. The first kappa shape index (κ1) is 14.8. The van der Waals surface area contributed by atoms with Crippen molar-refractivity contribution < 1.29 is 4.92 Å². The van der Waals surface area contributed by atoms with E-state index in [-0.39, 0.29) is 10.8 Å². The minimum absolute atomic E-state index is 0.0484. The molecule has 1 aliphatic rings. The summed E-state index contributed by atoms with van der Waals surface area (Å²) in [7, 11) is 0. The molecule has 1 saturated heterocycles. The van der Waals surface area contributed by atoms with Crippen LogP contribution < -0.4 is 4.90 Å². The van der Waals surface area contributed by atoms with Crippen LogP contribution in [0.5, 0.6) is 0 Å². The van der Waals surface area contributed by atoms with Crippen molar-refractivity contribution >= 4 is 23.0 Å². The maximum atomic E-state index is 11.2. The largest absolute Gasteiger partial charge is 0.366 e. The Labute approximate surface area is 133 Å². The zero-order valence-electron chi connectivity index (χ0n) is 12.0. The summed E-state index contributed by atoms with van der Waals surface area (Å²) < 4.78 is 0. The van der Waals surface area contributed by atoms with Crippen molar-refractivity contribution in [2.75, 3.05) is 18.0 Å². The lowest BCUT2D eigenvalue weighted by atomic mass is 9.89. The van der Waals surface area contributed by atoms with Gasteiger partial charge in [-0.1, -0.05) is 41.9 Å². The van der Waals surface area contributed by atoms with Gasteiger partial charge in [0.2, 0.25) is 5.15 Å². The Morgan fingerprint density at radius 2 is 1.86 bits per heavy atom. The van der Waals surface area contributed by atoms with E-state index in [2.05, 4.69) is 29.2 Å². The number of hydrogen-bond donors (Lipinski definition) is 0. The quantitative estimate of drug-likeness (QED) is 0.487. The number of halogens is 1. The normalized spacial score (nSPS) is 15.8. The number of piperidine rings is 1. The number of hydrogen-bond acceptors (Lipinski definition) is 4. The third-order valence-electron chi connectivity index (χ3n) is 4.15. The minimum Gasteiger partial charge on any atom is -0.366 e. The molecule has 0 radical (unpaired) electrons. The van der Waals surface area contributed by atoms with Crippen LogP contribution in [0.3, 0.4) is 0 Å². The van der Waals surface area contributed by atoms with Crippen LogP contribution in [0.25, 0.3) is 0 Å². The Hall–Kier alpha value is -2.14. The van der Waals surface area contributed by atoms with E-state index in [1.165, 1.54) is 11.8 Å². The van der Waals surface area contributed by atoms with Gasteiger partial charge >= 0.3 is 5.69 Å². The van der Waals surface area contributed by atoms with E-state index in [0.717, 1.165) is 25.9 Å². The molecule has 2 aromatic rings. The Bertz CT molecular complexity index is 670. The molecule has 3 rings (SSSR count). The average Bonchev–Trinajstić information content (AvgIpc) is 2.55. The van der Waals surface area contributed by atoms with E-state index >= 15 is 0 Å².